The highest BCUT2D eigenvalue weighted by atomic mass is 16.5. The lowest BCUT2D eigenvalue weighted by molar-refractivity contribution is -0.122. The van der Waals surface area contributed by atoms with Gasteiger partial charge in [0.15, 0.2) is 0 Å². The molecule has 1 fully saturated rings. The standard InChI is InChI=1S/C26H26N2O4/c1-17-4-9-24(14-18(17)2)32-23-10-5-20(6-11-23)27-26(30)19-15-25(29)28(16-19)21-7-12-22(31-3)13-8-21/h4-14,19H,15-16H2,1-3H3,(H,27,30)/t19-/m1/s1. The average molecular weight is 431 g/mol. The zero-order valence-corrected chi connectivity index (χ0v) is 18.4. The topological polar surface area (TPSA) is 67.9 Å². The van der Waals surface area contributed by atoms with Gasteiger partial charge in [0, 0.05) is 24.3 Å². The van der Waals surface area contributed by atoms with Gasteiger partial charge in [-0.1, -0.05) is 6.07 Å². The first-order valence-electron chi connectivity index (χ1n) is 10.5. The Balaban J connectivity index is 1.36. The molecule has 0 unspecified atom stereocenters. The third-order valence-electron chi connectivity index (χ3n) is 5.72. The van der Waals surface area contributed by atoms with E-state index in [1.54, 1.807) is 36.3 Å². The summed E-state index contributed by atoms with van der Waals surface area (Å²) in [5.74, 6) is 1.54. The molecule has 0 spiro atoms. The minimum absolute atomic E-state index is 0.0625. The fourth-order valence-corrected chi connectivity index (χ4v) is 3.66. The van der Waals surface area contributed by atoms with Crippen molar-refractivity contribution in [2.24, 2.45) is 5.92 Å². The van der Waals surface area contributed by atoms with E-state index in [9.17, 15) is 9.59 Å². The van der Waals surface area contributed by atoms with Crippen LogP contribution in [-0.4, -0.2) is 25.5 Å². The van der Waals surface area contributed by atoms with Gasteiger partial charge in [0.2, 0.25) is 11.8 Å². The molecule has 1 heterocycles. The van der Waals surface area contributed by atoms with Crippen LogP contribution >= 0.6 is 0 Å². The normalized spacial score (nSPS) is 15.5. The first kappa shape index (κ1) is 21.4. The molecular weight excluding hydrogens is 404 g/mol. The predicted octanol–water partition coefficient (Wildman–Crippen LogP) is 5.10. The van der Waals surface area contributed by atoms with Crippen molar-refractivity contribution >= 4 is 23.2 Å². The molecule has 1 aliphatic rings. The van der Waals surface area contributed by atoms with Crippen LogP contribution in [0.2, 0.25) is 0 Å². The molecule has 0 aliphatic carbocycles. The number of aryl methyl sites for hydroxylation is 2. The summed E-state index contributed by atoms with van der Waals surface area (Å²) >= 11 is 0. The van der Waals surface area contributed by atoms with Gasteiger partial charge in [-0.3, -0.25) is 9.59 Å². The summed E-state index contributed by atoms with van der Waals surface area (Å²) in [6.45, 7) is 4.46. The second-order valence-electron chi connectivity index (χ2n) is 7.97. The van der Waals surface area contributed by atoms with E-state index in [0.717, 1.165) is 17.2 Å². The Morgan fingerprint density at radius 1 is 0.906 bits per heavy atom. The van der Waals surface area contributed by atoms with Crippen LogP contribution in [0.25, 0.3) is 0 Å². The molecule has 6 heteroatoms. The summed E-state index contributed by atoms with van der Waals surface area (Å²) in [5, 5.41) is 2.91. The quantitative estimate of drug-likeness (QED) is 0.591. The highest BCUT2D eigenvalue weighted by molar-refractivity contribution is 6.03. The number of hydrogen-bond donors (Lipinski definition) is 1. The van der Waals surface area contributed by atoms with Gasteiger partial charge < -0.3 is 19.7 Å². The van der Waals surface area contributed by atoms with Crippen molar-refractivity contribution in [1.82, 2.24) is 0 Å². The van der Waals surface area contributed by atoms with Crippen molar-refractivity contribution in [3.8, 4) is 17.2 Å². The molecule has 0 radical (unpaired) electrons. The molecule has 0 bridgehead atoms. The average Bonchev–Trinajstić information content (AvgIpc) is 3.19. The molecule has 6 nitrogen and oxygen atoms in total. The summed E-state index contributed by atoms with van der Waals surface area (Å²) in [7, 11) is 1.60. The van der Waals surface area contributed by atoms with E-state index in [0.29, 0.717) is 18.0 Å². The molecule has 1 aliphatic heterocycles. The Kier molecular flexibility index (Phi) is 6.12. The smallest absolute Gasteiger partial charge is 0.229 e. The molecule has 0 aromatic heterocycles. The number of amides is 2. The number of rotatable bonds is 6. The van der Waals surface area contributed by atoms with E-state index in [-0.39, 0.29) is 18.2 Å². The maximum Gasteiger partial charge on any atom is 0.229 e. The van der Waals surface area contributed by atoms with E-state index in [2.05, 4.69) is 12.2 Å². The monoisotopic (exact) mass is 430 g/mol. The lowest BCUT2D eigenvalue weighted by Crippen LogP contribution is -2.28. The van der Waals surface area contributed by atoms with Crippen molar-refractivity contribution in [2.75, 3.05) is 23.9 Å². The van der Waals surface area contributed by atoms with Gasteiger partial charge in [0.05, 0.1) is 13.0 Å². The predicted molar refractivity (Wildman–Crippen MR) is 125 cm³/mol. The number of benzene rings is 3. The Morgan fingerprint density at radius 2 is 1.56 bits per heavy atom. The maximum absolute atomic E-state index is 12.7. The first-order valence-corrected chi connectivity index (χ1v) is 10.5. The van der Waals surface area contributed by atoms with Gasteiger partial charge in [-0.2, -0.15) is 0 Å². The van der Waals surface area contributed by atoms with Crippen LogP contribution in [0.3, 0.4) is 0 Å². The summed E-state index contributed by atoms with van der Waals surface area (Å²) in [4.78, 5) is 26.8. The Hall–Kier alpha value is -3.80. The minimum atomic E-state index is -0.406. The fourth-order valence-electron chi connectivity index (χ4n) is 3.66. The van der Waals surface area contributed by atoms with Gasteiger partial charge in [0.25, 0.3) is 0 Å². The van der Waals surface area contributed by atoms with Gasteiger partial charge in [-0.25, -0.2) is 0 Å². The largest absolute Gasteiger partial charge is 0.497 e. The van der Waals surface area contributed by atoms with Gasteiger partial charge in [-0.15, -0.1) is 0 Å². The second-order valence-corrected chi connectivity index (χ2v) is 7.97. The third kappa shape index (κ3) is 4.75. The van der Waals surface area contributed by atoms with Crippen molar-refractivity contribution in [3.63, 3.8) is 0 Å². The van der Waals surface area contributed by atoms with Gasteiger partial charge >= 0.3 is 0 Å². The lowest BCUT2D eigenvalue weighted by atomic mass is 10.1. The van der Waals surface area contributed by atoms with Gasteiger partial charge in [0.1, 0.15) is 17.2 Å². The zero-order valence-electron chi connectivity index (χ0n) is 18.4. The van der Waals surface area contributed by atoms with E-state index in [1.165, 1.54) is 11.1 Å². The minimum Gasteiger partial charge on any atom is -0.497 e. The van der Waals surface area contributed by atoms with Crippen LogP contribution in [0.5, 0.6) is 17.2 Å². The van der Waals surface area contributed by atoms with Crippen molar-refractivity contribution in [1.29, 1.82) is 0 Å². The van der Waals surface area contributed by atoms with Crippen LogP contribution < -0.4 is 19.7 Å². The number of carbonyl (C=O) groups is 2. The van der Waals surface area contributed by atoms with E-state index in [4.69, 9.17) is 9.47 Å². The highest BCUT2D eigenvalue weighted by Gasteiger charge is 2.35. The summed E-state index contributed by atoms with van der Waals surface area (Å²) in [6.07, 6.45) is 0.186. The maximum atomic E-state index is 12.7. The second kappa shape index (κ2) is 9.14. The molecular formula is C26H26N2O4. The van der Waals surface area contributed by atoms with Crippen molar-refractivity contribution < 1.29 is 19.1 Å². The number of carbonyl (C=O) groups excluding carboxylic acids is 2. The Bertz CT molecular complexity index is 1120. The first-order chi connectivity index (χ1) is 15.4. The van der Waals surface area contributed by atoms with Crippen LogP contribution in [0.15, 0.2) is 66.7 Å². The van der Waals surface area contributed by atoms with Crippen molar-refractivity contribution in [2.45, 2.75) is 20.3 Å². The van der Waals surface area contributed by atoms with Gasteiger partial charge in [-0.05, 0) is 85.6 Å². The number of nitrogens with zero attached hydrogens (tertiary/aromatic N) is 1. The summed E-state index contributed by atoms with van der Waals surface area (Å²) in [6, 6.07) is 20.4. The molecule has 3 aromatic rings. The Morgan fingerprint density at radius 3 is 2.22 bits per heavy atom. The molecule has 164 valence electrons. The number of anilines is 2. The summed E-state index contributed by atoms with van der Waals surface area (Å²) in [5.41, 5.74) is 3.81. The molecule has 0 saturated carbocycles. The van der Waals surface area contributed by atoms with E-state index in [1.807, 2.05) is 49.4 Å². The van der Waals surface area contributed by atoms with Crippen LogP contribution in [0.1, 0.15) is 17.5 Å². The summed E-state index contributed by atoms with van der Waals surface area (Å²) < 4.78 is 11.1. The molecule has 2 amide bonds. The van der Waals surface area contributed by atoms with E-state index < -0.39 is 5.92 Å². The molecule has 3 aromatic carbocycles. The molecule has 1 atom stereocenters. The van der Waals surface area contributed by atoms with Crippen LogP contribution in [0, 0.1) is 19.8 Å². The zero-order chi connectivity index (χ0) is 22.7. The lowest BCUT2D eigenvalue weighted by Gasteiger charge is -2.17. The van der Waals surface area contributed by atoms with Crippen molar-refractivity contribution in [3.05, 3.63) is 77.9 Å². The number of methoxy groups -OCH3 is 1. The number of ether oxygens (including phenoxy) is 2. The molecule has 1 N–H and O–H groups in total. The molecule has 4 rings (SSSR count). The SMILES string of the molecule is COc1ccc(N2C[C@H](C(=O)Nc3ccc(Oc4ccc(C)c(C)c4)cc3)CC2=O)cc1. The van der Waals surface area contributed by atoms with Crippen LogP contribution in [0.4, 0.5) is 11.4 Å². The fraction of sp³-hybridized carbons (Fsp3) is 0.231. The van der Waals surface area contributed by atoms with Crippen LogP contribution in [-0.2, 0) is 9.59 Å². The molecule has 32 heavy (non-hydrogen) atoms. The number of hydrogen-bond acceptors (Lipinski definition) is 4. The number of nitrogens with one attached hydrogen (secondary N) is 1. The molecule has 1 saturated heterocycles. The van der Waals surface area contributed by atoms with E-state index >= 15 is 0 Å². The highest BCUT2D eigenvalue weighted by Crippen LogP contribution is 2.28. The third-order valence-corrected chi connectivity index (χ3v) is 5.72. The Labute approximate surface area is 187 Å².